The predicted octanol–water partition coefficient (Wildman–Crippen LogP) is 7.47. The highest BCUT2D eigenvalue weighted by Gasteiger charge is 2.10. The van der Waals surface area contributed by atoms with Crippen molar-refractivity contribution in [3.63, 3.8) is 0 Å². The molecule has 0 bridgehead atoms. The molecule has 3 aromatic carbocycles. The van der Waals surface area contributed by atoms with Gasteiger partial charge in [0.25, 0.3) is 0 Å². The number of benzene rings is 3. The van der Waals surface area contributed by atoms with Crippen LogP contribution in [-0.4, -0.2) is 9.97 Å². The van der Waals surface area contributed by atoms with E-state index in [1.807, 2.05) is 60.7 Å². The number of hydrogen-bond acceptors (Lipinski definition) is 3. The summed E-state index contributed by atoms with van der Waals surface area (Å²) in [5.41, 5.74) is 3.08. The molecule has 0 N–H and O–H groups in total. The third kappa shape index (κ3) is 4.61. The molecule has 0 fully saturated rings. The molecule has 1 aromatic heterocycles. The lowest BCUT2D eigenvalue weighted by atomic mass is 10.1. The van der Waals surface area contributed by atoms with Crippen LogP contribution in [0.2, 0.25) is 15.1 Å². The summed E-state index contributed by atoms with van der Waals surface area (Å²) in [6, 6.07) is 21.4. The minimum absolute atomic E-state index is 0.636. The molecular weight excluding hydrogens is 431 g/mol. The van der Waals surface area contributed by atoms with Crippen LogP contribution in [0.4, 0.5) is 0 Å². The maximum atomic E-state index is 6.32. The second-order valence-electron chi connectivity index (χ2n) is 6.29. The summed E-state index contributed by atoms with van der Waals surface area (Å²) in [5.74, 6) is 1.49. The number of rotatable bonds is 5. The van der Waals surface area contributed by atoms with E-state index in [-0.39, 0.29) is 0 Å². The van der Waals surface area contributed by atoms with E-state index in [0.29, 0.717) is 22.2 Å². The van der Waals surface area contributed by atoms with Crippen molar-refractivity contribution >= 4 is 57.5 Å². The van der Waals surface area contributed by atoms with Crippen LogP contribution in [0.3, 0.4) is 0 Å². The van der Waals surface area contributed by atoms with Crippen LogP contribution in [0.15, 0.2) is 71.8 Å². The Labute approximate surface area is 182 Å². The fraction of sp³-hybridized carbons (Fsp3) is 0.0909. The van der Waals surface area contributed by atoms with E-state index < -0.39 is 0 Å². The number of fused-ring (bicyclic) bond motifs is 1. The largest absolute Gasteiger partial charge is 0.232 e. The first kappa shape index (κ1) is 19.5. The number of hydrogen-bond donors (Lipinski definition) is 0. The molecule has 0 atom stereocenters. The zero-order valence-corrected chi connectivity index (χ0v) is 17.8. The van der Waals surface area contributed by atoms with Crippen molar-refractivity contribution in [3.8, 4) is 0 Å². The molecule has 0 saturated heterocycles. The molecule has 28 heavy (non-hydrogen) atoms. The lowest BCUT2D eigenvalue weighted by Gasteiger charge is -2.10. The molecule has 0 aliphatic heterocycles. The average molecular weight is 446 g/mol. The molecule has 0 aliphatic rings. The van der Waals surface area contributed by atoms with Crippen LogP contribution >= 0.6 is 46.6 Å². The SMILES string of the molecule is Clc1ccc(Cc2nc(SCc3ccc(Cl)cc3Cl)c3ccccc3n2)cc1. The standard InChI is InChI=1S/C22H15Cl3N2S/c23-16-8-5-14(6-9-16)11-21-26-20-4-2-1-3-18(20)22(27-21)28-13-15-7-10-17(24)12-19(15)25/h1-10,12H,11,13H2. The molecule has 0 aliphatic carbocycles. The van der Waals surface area contributed by atoms with Crippen molar-refractivity contribution in [1.29, 1.82) is 0 Å². The Balaban J connectivity index is 1.65. The average Bonchev–Trinajstić information content (AvgIpc) is 2.69. The summed E-state index contributed by atoms with van der Waals surface area (Å²) in [6.07, 6.45) is 0.650. The minimum atomic E-state index is 0.636. The van der Waals surface area contributed by atoms with Gasteiger partial charge in [0.1, 0.15) is 10.9 Å². The highest BCUT2D eigenvalue weighted by Crippen LogP contribution is 2.31. The monoisotopic (exact) mass is 444 g/mol. The molecule has 0 unspecified atom stereocenters. The summed E-state index contributed by atoms with van der Waals surface area (Å²) >= 11 is 20.0. The highest BCUT2D eigenvalue weighted by molar-refractivity contribution is 7.98. The Morgan fingerprint density at radius 1 is 0.786 bits per heavy atom. The van der Waals surface area contributed by atoms with E-state index in [2.05, 4.69) is 0 Å². The molecule has 6 heteroatoms. The first-order valence-corrected chi connectivity index (χ1v) is 10.8. The fourth-order valence-corrected chi connectivity index (χ4v) is 4.57. The quantitative estimate of drug-likeness (QED) is 0.235. The zero-order valence-electron chi connectivity index (χ0n) is 14.7. The van der Waals surface area contributed by atoms with Gasteiger partial charge >= 0.3 is 0 Å². The van der Waals surface area contributed by atoms with E-state index in [1.165, 1.54) is 0 Å². The van der Waals surface area contributed by atoms with Gasteiger partial charge in [0.2, 0.25) is 0 Å². The lowest BCUT2D eigenvalue weighted by Crippen LogP contribution is -1.99. The molecule has 140 valence electrons. The van der Waals surface area contributed by atoms with Crippen molar-refractivity contribution in [2.75, 3.05) is 0 Å². The summed E-state index contributed by atoms with van der Waals surface area (Å²) in [7, 11) is 0. The van der Waals surface area contributed by atoms with Crippen LogP contribution in [0.5, 0.6) is 0 Å². The van der Waals surface area contributed by atoms with Gasteiger partial charge < -0.3 is 0 Å². The van der Waals surface area contributed by atoms with Gasteiger partial charge in [0, 0.05) is 32.6 Å². The Morgan fingerprint density at radius 3 is 2.32 bits per heavy atom. The third-order valence-electron chi connectivity index (χ3n) is 4.27. The second kappa shape index (κ2) is 8.71. The Hall–Kier alpha value is -1.78. The van der Waals surface area contributed by atoms with Crippen LogP contribution in [0.25, 0.3) is 10.9 Å². The smallest absolute Gasteiger partial charge is 0.134 e. The van der Waals surface area contributed by atoms with Gasteiger partial charge in [-0.05, 0) is 41.5 Å². The number of aromatic nitrogens is 2. The maximum Gasteiger partial charge on any atom is 0.134 e. The number of halogens is 3. The first-order valence-electron chi connectivity index (χ1n) is 8.65. The van der Waals surface area contributed by atoms with Crippen molar-refractivity contribution in [3.05, 3.63) is 98.7 Å². The van der Waals surface area contributed by atoms with Gasteiger partial charge in [0.15, 0.2) is 0 Å². The number of nitrogens with zero attached hydrogens (tertiary/aromatic N) is 2. The molecule has 0 amide bonds. The fourth-order valence-electron chi connectivity index (χ4n) is 2.85. The number of para-hydroxylation sites is 1. The normalized spacial score (nSPS) is 11.1. The predicted molar refractivity (Wildman–Crippen MR) is 120 cm³/mol. The van der Waals surface area contributed by atoms with E-state index >= 15 is 0 Å². The Bertz CT molecular complexity index is 1130. The number of thioether (sulfide) groups is 1. The molecule has 0 saturated carbocycles. The van der Waals surface area contributed by atoms with E-state index in [1.54, 1.807) is 17.8 Å². The van der Waals surface area contributed by atoms with Gasteiger partial charge in [0.05, 0.1) is 5.52 Å². The minimum Gasteiger partial charge on any atom is -0.232 e. The van der Waals surface area contributed by atoms with Gasteiger partial charge in [-0.2, -0.15) is 0 Å². The molecule has 0 spiro atoms. The highest BCUT2D eigenvalue weighted by atomic mass is 35.5. The molecular formula is C22H15Cl3N2S. The van der Waals surface area contributed by atoms with Gasteiger partial charge in [-0.25, -0.2) is 9.97 Å². The van der Waals surface area contributed by atoms with E-state index in [4.69, 9.17) is 44.8 Å². The molecule has 4 rings (SSSR count). The van der Waals surface area contributed by atoms with Crippen molar-refractivity contribution < 1.29 is 0 Å². The Kier molecular flexibility index (Phi) is 6.07. The first-order chi connectivity index (χ1) is 13.6. The van der Waals surface area contributed by atoms with Gasteiger partial charge in [-0.3, -0.25) is 0 Å². The lowest BCUT2D eigenvalue weighted by molar-refractivity contribution is 0.941. The van der Waals surface area contributed by atoms with Gasteiger partial charge in [-0.1, -0.05) is 71.2 Å². The van der Waals surface area contributed by atoms with Crippen molar-refractivity contribution in [1.82, 2.24) is 9.97 Å². The summed E-state index contributed by atoms with van der Waals surface area (Å²) in [6.45, 7) is 0. The van der Waals surface area contributed by atoms with Crippen LogP contribution in [-0.2, 0) is 12.2 Å². The molecule has 0 radical (unpaired) electrons. The van der Waals surface area contributed by atoms with E-state index in [0.717, 1.165) is 37.9 Å². The third-order valence-corrected chi connectivity index (χ3v) is 6.15. The summed E-state index contributed by atoms with van der Waals surface area (Å²) in [4.78, 5) is 9.57. The maximum absolute atomic E-state index is 6.32. The second-order valence-corrected chi connectivity index (χ2v) is 8.53. The molecule has 1 heterocycles. The topological polar surface area (TPSA) is 25.8 Å². The Morgan fingerprint density at radius 2 is 1.54 bits per heavy atom. The summed E-state index contributed by atoms with van der Waals surface area (Å²) < 4.78 is 0. The van der Waals surface area contributed by atoms with E-state index in [9.17, 15) is 0 Å². The zero-order chi connectivity index (χ0) is 19.5. The van der Waals surface area contributed by atoms with Crippen LogP contribution in [0.1, 0.15) is 17.0 Å². The summed E-state index contributed by atoms with van der Waals surface area (Å²) in [5, 5.41) is 4.01. The van der Waals surface area contributed by atoms with Crippen LogP contribution < -0.4 is 0 Å². The molecule has 2 nitrogen and oxygen atoms in total. The van der Waals surface area contributed by atoms with Crippen molar-refractivity contribution in [2.24, 2.45) is 0 Å². The van der Waals surface area contributed by atoms with Crippen molar-refractivity contribution in [2.45, 2.75) is 17.2 Å². The van der Waals surface area contributed by atoms with Crippen LogP contribution in [0, 0.1) is 0 Å². The molecule has 4 aromatic rings. The van der Waals surface area contributed by atoms with Gasteiger partial charge in [-0.15, -0.1) is 11.8 Å².